The van der Waals surface area contributed by atoms with E-state index in [1.165, 1.54) is 19.2 Å². The lowest BCUT2D eigenvalue weighted by Crippen LogP contribution is -2.12. The first-order valence-corrected chi connectivity index (χ1v) is 9.92. The number of benzene rings is 2. The summed E-state index contributed by atoms with van der Waals surface area (Å²) in [5.74, 6) is 0.161. The van der Waals surface area contributed by atoms with Gasteiger partial charge in [-0.1, -0.05) is 29.8 Å². The Balaban J connectivity index is 2.15. The van der Waals surface area contributed by atoms with E-state index in [1.54, 1.807) is 24.3 Å². The fourth-order valence-electron chi connectivity index (χ4n) is 2.17. The zero-order valence-corrected chi connectivity index (χ0v) is 18.4. The maximum atomic E-state index is 12.5. The Kier molecular flexibility index (Phi) is 7.86. The zero-order valence-electron chi connectivity index (χ0n) is 15.3. The van der Waals surface area contributed by atoms with Gasteiger partial charge in [0, 0.05) is 4.47 Å². The molecule has 7 heteroatoms. The van der Waals surface area contributed by atoms with Gasteiger partial charge in [0.15, 0.2) is 0 Å². The molecule has 0 N–H and O–H groups in total. The van der Waals surface area contributed by atoms with Gasteiger partial charge in [-0.15, -0.1) is 0 Å². The van der Waals surface area contributed by atoms with E-state index in [0.29, 0.717) is 32.8 Å². The minimum Gasteiger partial charge on any atom is -0.492 e. The Hall–Kier alpha value is -1.86. The van der Waals surface area contributed by atoms with Crippen molar-refractivity contribution in [2.24, 2.45) is 5.92 Å². The summed E-state index contributed by atoms with van der Waals surface area (Å²) in [7, 11) is 1.27. The van der Waals surface area contributed by atoms with E-state index in [2.05, 4.69) is 45.7 Å². The van der Waals surface area contributed by atoms with Crippen molar-refractivity contribution in [3.05, 3.63) is 56.5 Å². The van der Waals surface area contributed by atoms with Gasteiger partial charge >= 0.3 is 11.9 Å². The van der Waals surface area contributed by atoms with Crippen LogP contribution in [0.2, 0.25) is 0 Å². The Morgan fingerprint density at radius 3 is 2.33 bits per heavy atom. The van der Waals surface area contributed by atoms with Crippen LogP contribution in [0.4, 0.5) is 0 Å². The largest absolute Gasteiger partial charge is 0.492 e. The molecule has 0 spiro atoms. The maximum Gasteiger partial charge on any atom is 0.343 e. The molecule has 0 radical (unpaired) electrons. The van der Waals surface area contributed by atoms with Crippen LogP contribution in [0.1, 0.15) is 41.0 Å². The molecule has 5 nitrogen and oxygen atoms in total. The molecule has 0 saturated heterocycles. The van der Waals surface area contributed by atoms with Crippen molar-refractivity contribution in [2.75, 3.05) is 13.7 Å². The molecule has 2 aromatic carbocycles. The summed E-state index contributed by atoms with van der Waals surface area (Å²) < 4.78 is 17.2. The normalized spacial score (nSPS) is 10.6. The van der Waals surface area contributed by atoms with Crippen LogP contribution in [0.3, 0.4) is 0 Å². The number of carbonyl (C=O) groups is 2. The standard InChI is InChI=1S/C20H20Br2O5/c1-12(2)8-9-26-18-6-4-13(10-16(18)22)19(23)27-17-7-5-14(21)11-15(17)20(24)25-3/h4-7,10-12H,8-9H2,1-3H3. The molecule has 0 aliphatic heterocycles. The second-order valence-corrected chi connectivity index (χ2v) is 7.97. The molecule has 0 aliphatic carbocycles. The van der Waals surface area contributed by atoms with Gasteiger partial charge in [-0.25, -0.2) is 9.59 Å². The SMILES string of the molecule is COC(=O)c1cc(Br)ccc1OC(=O)c1ccc(OCCC(C)C)c(Br)c1. The van der Waals surface area contributed by atoms with Crippen LogP contribution in [0.25, 0.3) is 0 Å². The Morgan fingerprint density at radius 1 is 1.00 bits per heavy atom. The maximum absolute atomic E-state index is 12.5. The molecule has 0 fully saturated rings. The Labute approximate surface area is 175 Å². The highest BCUT2D eigenvalue weighted by molar-refractivity contribution is 9.10. The van der Waals surface area contributed by atoms with Gasteiger partial charge in [0.2, 0.25) is 0 Å². The average Bonchev–Trinajstić information content (AvgIpc) is 2.63. The van der Waals surface area contributed by atoms with Gasteiger partial charge in [0.1, 0.15) is 17.1 Å². The van der Waals surface area contributed by atoms with Crippen LogP contribution < -0.4 is 9.47 Å². The fourth-order valence-corrected chi connectivity index (χ4v) is 3.02. The van der Waals surface area contributed by atoms with E-state index in [9.17, 15) is 9.59 Å². The number of ether oxygens (including phenoxy) is 3. The molecule has 0 amide bonds. The lowest BCUT2D eigenvalue weighted by atomic mass is 10.1. The molecule has 0 unspecified atom stereocenters. The van der Waals surface area contributed by atoms with Gasteiger partial charge in [-0.05, 0) is 64.7 Å². The number of hydrogen-bond donors (Lipinski definition) is 0. The Morgan fingerprint density at radius 2 is 1.70 bits per heavy atom. The first-order valence-electron chi connectivity index (χ1n) is 8.34. The van der Waals surface area contributed by atoms with Gasteiger partial charge in [-0.2, -0.15) is 0 Å². The average molecular weight is 500 g/mol. The van der Waals surface area contributed by atoms with Crippen molar-refractivity contribution in [3.8, 4) is 11.5 Å². The molecule has 27 heavy (non-hydrogen) atoms. The van der Waals surface area contributed by atoms with Crippen molar-refractivity contribution in [3.63, 3.8) is 0 Å². The van der Waals surface area contributed by atoms with E-state index in [0.717, 1.165) is 6.42 Å². The Bertz CT molecular complexity index is 833. The molecular formula is C20H20Br2O5. The van der Waals surface area contributed by atoms with Gasteiger partial charge in [0.25, 0.3) is 0 Å². The summed E-state index contributed by atoms with van der Waals surface area (Å²) in [4.78, 5) is 24.4. The monoisotopic (exact) mass is 498 g/mol. The van der Waals surface area contributed by atoms with Crippen molar-refractivity contribution in [1.29, 1.82) is 0 Å². The van der Waals surface area contributed by atoms with Crippen molar-refractivity contribution >= 4 is 43.8 Å². The fraction of sp³-hybridized carbons (Fsp3) is 0.300. The summed E-state index contributed by atoms with van der Waals surface area (Å²) in [6, 6.07) is 9.71. The molecule has 2 rings (SSSR count). The van der Waals surface area contributed by atoms with Gasteiger partial charge in [-0.3, -0.25) is 0 Å². The molecule has 0 atom stereocenters. The second-order valence-electron chi connectivity index (χ2n) is 6.20. The van der Waals surface area contributed by atoms with Crippen LogP contribution in [-0.4, -0.2) is 25.7 Å². The molecule has 0 saturated carbocycles. The molecule has 0 aliphatic rings. The summed E-state index contributed by atoms with van der Waals surface area (Å²) in [5.41, 5.74) is 0.491. The third kappa shape index (κ3) is 6.07. The van der Waals surface area contributed by atoms with E-state index in [1.807, 2.05) is 0 Å². The molecule has 0 heterocycles. The van der Waals surface area contributed by atoms with Crippen LogP contribution >= 0.6 is 31.9 Å². The van der Waals surface area contributed by atoms with Crippen LogP contribution in [0.15, 0.2) is 45.3 Å². The minimum atomic E-state index is -0.589. The summed E-state index contributed by atoms with van der Waals surface area (Å²) in [6.07, 6.45) is 0.941. The molecular weight excluding hydrogens is 480 g/mol. The van der Waals surface area contributed by atoms with Crippen LogP contribution in [0, 0.1) is 5.92 Å². The number of methoxy groups -OCH3 is 1. The second kappa shape index (κ2) is 9.90. The molecule has 0 aromatic heterocycles. The third-order valence-electron chi connectivity index (χ3n) is 3.67. The first-order chi connectivity index (χ1) is 12.8. The third-order valence-corrected chi connectivity index (χ3v) is 4.78. The highest BCUT2D eigenvalue weighted by Gasteiger charge is 2.18. The van der Waals surface area contributed by atoms with E-state index >= 15 is 0 Å². The highest BCUT2D eigenvalue weighted by Crippen LogP contribution is 2.28. The lowest BCUT2D eigenvalue weighted by molar-refractivity contribution is 0.0593. The predicted molar refractivity (Wildman–Crippen MR) is 110 cm³/mol. The number of carbonyl (C=O) groups excluding carboxylic acids is 2. The van der Waals surface area contributed by atoms with Gasteiger partial charge < -0.3 is 14.2 Å². The topological polar surface area (TPSA) is 61.8 Å². The number of halogens is 2. The van der Waals surface area contributed by atoms with Gasteiger partial charge in [0.05, 0.1) is 23.8 Å². The first kappa shape index (κ1) is 21.4. The smallest absolute Gasteiger partial charge is 0.343 e. The summed E-state index contributed by atoms with van der Waals surface area (Å²) in [5, 5.41) is 0. The minimum absolute atomic E-state index is 0.128. The number of hydrogen-bond acceptors (Lipinski definition) is 5. The molecule has 0 bridgehead atoms. The summed E-state index contributed by atoms with van der Waals surface area (Å²) >= 11 is 6.70. The van der Waals surface area contributed by atoms with E-state index in [-0.39, 0.29) is 11.3 Å². The number of esters is 2. The van der Waals surface area contributed by atoms with Crippen molar-refractivity contribution in [2.45, 2.75) is 20.3 Å². The lowest BCUT2D eigenvalue weighted by Gasteiger charge is -2.12. The summed E-state index contributed by atoms with van der Waals surface area (Å²) in [6.45, 7) is 4.85. The van der Waals surface area contributed by atoms with E-state index in [4.69, 9.17) is 14.2 Å². The molecule has 144 valence electrons. The highest BCUT2D eigenvalue weighted by atomic mass is 79.9. The van der Waals surface area contributed by atoms with Crippen LogP contribution in [0.5, 0.6) is 11.5 Å². The van der Waals surface area contributed by atoms with Crippen molar-refractivity contribution < 1.29 is 23.8 Å². The van der Waals surface area contributed by atoms with E-state index < -0.39 is 11.9 Å². The number of rotatable bonds is 7. The predicted octanol–water partition coefficient (Wildman–Crippen LogP) is 5.64. The molecule has 2 aromatic rings. The quantitative estimate of drug-likeness (QED) is 0.364. The van der Waals surface area contributed by atoms with Crippen molar-refractivity contribution in [1.82, 2.24) is 0 Å². The van der Waals surface area contributed by atoms with Crippen LogP contribution in [-0.2, 0) is 4.74 Å². The zero-order chi connectivity index (χ0) is 20.0.